The first-order chi connectivity index (χ1) is 14.3. The van der Waals surface area contributed by atoms with E-state index in [0.29, 0.717) is 5.56 Å². The Morgan fingerprint density at radius 2 is 1.57 bits per heavy atom. The van der Waals surface area contributed by atoms with Gasteiger partial charge in [-0.3, -0.25) is 4.21 Å². The quantitative estimate of drug-likeness (QED) is 0.410. The van der Waals surface area contributed by atoms with Crippen LogP contribution in [0.2, 0.25) is 0 Å². The smallest absolute Gasteiger partial charge is 0.417 e. The summed E-state index contributed by atoms with van der Waals surface area (Å²) in [7, 11) is 0. The average molecular weight is 429 g/mol. The Bertz CT molecular complexity index is 1220. The molecule has 0 saturated carbocycles. The Morgan fingerprint density at radius 1 is 0.867 bits per heavy atom. The summed E-state index contributed by atoms with van der Waals surface area (Å²) in [6.45, 7) is 0. The van der Waals surface area contributed by atoms with Crippen LogP contribution in [0.25, 0.3) is 34.0 Å². The van der Waals surface area contributed by atoms with Crippen LogP contribution in [0.1, 0.15) is 5.56 Å². The fourth-order valence-electron chi connectivity index (χ4n) is 3.03. The summed E-state index contributed by atoms with van der Waals surface area (Å²) in [5, 5.41) is 3.73. The molecule has 0 bridgehead atoms. The molecule has 0 saturated heterocycles. The zero-order valence-electron chi connectivity index (χ0n) is 15.1. The van der Waals surface area contributed by atoms with Crippen LogP contribution in [0.4, 0.5) is 13.2 Å². The molecule has 0 aliphatic heterocycles. The largest absolute Gasteiger partial charge is 0.768 e. The lowest BCUT2D eigenvalue weighted by atomic mass is 9.97. The van der Waals surface area contributed by atoms with Gasteiger partial charge in [0.25, 0.3) is 5.89 Å². The van der Waals surface area contributed by atoms with Crippen LogP contribution < -0.4 is 0 Å². The SMILES string of the molecule is O=S([O-])c1ccccc1-c1nc(-c2ccc(-c3ccccc3)c(C(F)(F)F)c2)no1. The molecule has 0 amide bonds. The van der Waals surface area contributed by atoms with Gasteiger partial charge in [-0.25, -0.2) is 0 Å². The number of aromatic nitrogens is 2. The van der Waals surface area contributed by atoms with Crippen LogP contribution in [0, 0.1) is 0 Å². The Kier molecular flexibility index (Phi) is 5.23. The molecule has 30 heavy (non-hydrogen) atoms. The van der Waals surface area contributed by atoms with Crippen molar-refractivity contribution in [2.45, 2.75) is 11.1 Å². The first-order valence-electron chi connectivity index (χ1n) is 8.64. The number of benzene rings is 3. The van der Waals surface area contributed by atoms with Gasteiger partial charge in [-0.2, -0.15) is 18.2 Å². The Labute approximate surface area is 171 Å². The maximum absolute atomic E-state index is 13.7. The molecule has 0 N–H and O–H groups in total. The van der Waals surface area contributed by atoms with Crippen LogP contribution in [-0.4, -0.2) is 18.9 Å². The van der Waals surface area contributed by atoms with Gasteiger partial charge in [0.15, 0.2) is 0 Å². The molecule has 0 aliphatic rings. The third-order valence-corrected chi connectivity index (χ3v) is 5.11. The molecule has 1 heterocycles. The van der Waals surface area contributed by atoms with Crippen LogP contribution in [0.15, 0.2) is 82.2 Å². The van der Waals surface area contributed by atoms with Gasteiger partial charge in [-0.15, -0.1) is 0 Å². The summed E-state index contributed by atoms with van der Waals surface area (Å²) in [4.78, 5) is 4.05. The Morgan fingerprint density at radius 3 is 2.27 bits per heavy atom. The number of hydrogen-bond acceptors (Lipinski definition) is 5. The van der Waals surface area contributed by atoms with Gasteiger partial charge in [-0.05, 0) is 40.4 Å². The van der Waals surface area contributed by atoms with Crippen molar-refractivity contribution in [2.24, 2.45) is 0 Å². The molecule has 4 aromatic rings. The molecule has 1 aromatic heterocycles. The second-order valence-electron chi connectivity index (χ2n) is 6.28. The number of hydrogen-bond donors (Lipinski definition) is 0. The predicted octanol–water partition coefficient (Wildman–Crippen LogP) is 5.33. The van der Waals surface area contributed by atoms with Crippen molar-refractivity contribution < 1.29 is 26.5 Å². The monoisotopic (exact) mass is 429 g/mol. The Balaban J connectivity index is 1.79. The van der Waals surface area contributed by atoms with Crippen LogP contribution in [0.3, 0.4) is 0 Å². The number of alkyl halides is 3. The highest BCUT2D eigenvalue weighted by molar-refractivity contribution is 7.79. The van der Waals surface area contributed by atoms with E-state index in [1.54, 1.807) is 36.4 Å². The molecule has 5 nitrogen and oxygen atoms in total. The van der Waals surface area contributed by atoms with Gasteiger partial charge < -0.3 is 9.08 Å². The van der Waals surface area contributed by atoms with Crippen molar-refractivity contribution in [1.29, 1.82) is 0 Å². The van der Waals surface area contributed by atoms with Crippen molar-refractivity contribution in [3.05, 3.63) is 78.4 Å². The molecule has 1 unspecified atom stereocenters. The molecule has 0 spiro atoms. The van der Waals surface area contributed by atoms with Gasteiger partial charge in [0.05, 0.1) is 11.1 Å². The number of halogens is 3. The number of rotatable bonds is 4. The average Bonchev–Trinajstić information content (AvgIpc) is 3.23. The van der Waals surface area contributed by atoms with Gasteiger partial charge >= 0.3 is 6.18 Å². The minimum Gasteiger partial charge on any atom is -0.768 e. The van der Waals surface area contributed by atoms with Crippen LogP contribution in [-0.2, 0) is 17.3 Å². The highest BCUT2D eigenvalue weighted by Crippen LogP contribution is 2.39. The molecule has 3 aromatic carbocycles. The maximum atomic E-state index is 13.7. The first kappa shape index (κ1) is 20.0. The van der Waals surface area contributed by atoms with Crippen LogP contribution in [0.5, 0.6) is 0 Å². The summed E-state index contributed by atoms with van der Waals surface area (Å²) < 4.78 is 69.0. The van der Waals surface area contributed by atoms with E-state index in [9.17, 15) is 21.9 Å². The summed E-state index contributed by atoms with van der Waals surface area (Å²) in [6.07, 6.45) is -4.60. The van der Waals surface area contributed by atoms with Crippen molar-refractivity contribution >= 4 is 11.1 Å². The number of nitrogens with zero attached hydrogens (tertiary/aromatic N) is 2. The highest BCUT2D eigenvalue weighted by Gasteiger charge is 2.34. The fourth-order valence-corrected chi connectivity index (χ4v) is 3.55. The van der Waals surface area contributed by atoms with E-state index < -0.39 is 22.8 Å². The Hall–Kier alpha value is -3.30. The molecule has 4 rings (SSSR count). The minimum atomic E-state index is -4.60. The third-order valence-electron chi connectivity index (χ3n) is 4.39. The zero-order valence-corrected chi connectivity index (χ0v) is 15.9. The highest BCUT2D eigenvalue weighted by atomic mass is 32.2. The molecule has 152 valence electrons. The lowest BCUT2D eigenvalue weighted by Gasteiger charge is -2.14. The van der Waals surface area contributed by atoms with E-state index in [2.05, 4.69) is 10.1 Å². The van der Waals surface area contributed by atoms with E-state index in [0.717, 1.165) is 6.07 Å². The molecular weight excluding hydrogens is 417 g/mol. The van der Waals surface area contributed by atoms with Crippen molar-refractivity contribution in [2.75, 3.05) is 0 Å². The molecule has 0 radical (unpaired) electrons. The van der Waals surface area contributed by atoms with Crippen molar-refractivity contribution in [3.8, 4) is 34.0 Å². The van der Waals surface area contributed by atoms with Gasteiger partial charge in [0, 0.05) is 10.5 Å². The normalized spacial score (nSPS) is 12.7. The van der Waals surface area contributed by atoms with E-state index in [1.165, 1.54) is 30.3 Å². The maximum Gasteiger partial charge on any atom is 0.417 e. The first-order valence-corrected chi connectivity index (χ1v) is 9.71. The van der Waals surface area contributed by atoms with Crippen molar-refractivity contribution in [3.63, 3.8) is 0 Å². The second-order valence-corrected chi connectivity index (χ2v) is 7.19. The summed E-state index contributed by atoms with van der Waals surface area (Å²) in [5.41, 5.74) is -0.113. The van der Waals surface area contributed by atoms with Crippen molar-refractivity contribution in [1.82, 2.24) is 10.1 Å². The summed E-state index contributed by atoms with van der Waals surface area (Å²) in [6, 6.07) is 17.9. The predicted molar refractivity (Wildman–Crippen MR) is 103 cm³/mol. The molecular formula is C21H12F3N2O3S-. The minimum absolute atomic E-state index is 0.0302. The van der Waals surface area contributed by atoms with Gasteiger partial charge in [0.2, 0.25) is 5.82 Å². The molecule has 0 fully saturated rings. The standard InChI is InChI=1S/C21H13F3N2O3S/c22-21(23,24)17-12-14(10-11-15(17)13-6-2-1-3-7-13)19-25-20(29-26-19)16-8-4-5-9-18(16)30(27)28/h1-12H,(H,27,28)/p-1. The van der Waals surface area contributed by atoms with E-state index in [-0.39, 0.29) is 33.3 Å². The summed E-state index contributed by atoms with van der Waals surface area (Å²) in [5.74, 6) is -0.188. The van der Waals surface area contributed by atoms with Gasteiger partial charge in [-0.1, -0.05) is 59.8 Å². The lowest BCUT2D eigenvalue weighted by Crippen LogP contribution is -2.07. The van der Waals surface area contributed by atoms with E-state index in [4.69, 9.17) is 4.52 Å². The van der Waals surface area contributed by atoms with Crippen LogP contribution >= 0.6 is 0 Å². The lowest BCUT2D eigenvalue weighted by molar-refractivity contribution is -0.137. The van der Waals surface area contributed by atoms with E-state index in [1.807, 2.05) is 0 Å². The summed E-state index contributed by atoms with van der Waals surface area (Å²) >= 11 is -2.54. The third kappa shape index (κ3) is 3.89. The fraction of sp³-hybridized carbons (Fsp3) is 0.0476. The molecule has 1 atom stereocenters. The van der Waals surface area contributed by atoms with Gasteiger partial charge in [0.1, 0.15) is 0 Å². The second kappa shape index (κ2) is 7.85. The molecule has 9 heteroatoms. The van der Waals surface area contributed by atoms with E-state index >= 15 is 0 Å². The molecule has 0 aliphatic carbocycles. The zero-order chi connectivity index (χ0) is 21.3. The topological polar surface area (TPSA) is 79.0 Å².